The molecule has 0 unspecified atom stereocenters. The molecular weight excluding hydrogens is 371 g/mol. The van der Waals surface area contributed by atoms with Crippen molar-refractivity contribution in [3.63, 3.8) is 0 Å². The quantitative estimate of drug-likeness (QED) is 0.379. The molecule has 0 spiro atoms. The Morgan fingerprint density at radius 3 is 2.24 bits per heavy atom. The van der Waals surface area contributed by atoms with Crippen molar-refractivity contribution in [1.82, 2.24) is 0 Å². The van der Waals surface area contributed by atoms with Gasteiger partial charge in [-0.25, -0.2) is 0 Å². The van der Waals surface area contributed by atoms with Crippen LogP contribution in [0.15, 0.2) is 48.5 Å². The molecule has 0 radical (unpaired) electrons. The molecule has 0 N–H and O–H groups in total. The van der Waals surface area contributed by atoms with Crippen LogP contribution < -0.4 is 0 Å². The molecule has 3 rings (SSSR count). The smallest absolute Gasteiger partial charge is 0 e. The van der Waals surface area contributed by atoms with Crippen LogP contribution in [0.25, 0.3) is 21.5 Å². The largest absolute Gasteiger partial charge is 0.358 e. The average molecular weight is 388 g/mol. The topological polar surface area (TPSA) is 0 Å². The number of aryl methyl sites for hydroxylation is 1. The summed E-state index contributed by atoms with van der Waals surface area (Å²) in [5, 5.41) is 5.45. The Morgan fingerprint density at radius 1 is 0.824 bits per heavy atom. The van der Waals surface area contributed by atoms with Crippen LogP contribution in [0.1, 0.15) is 5.56 Å². The number of hydrogen-bond acceptors (Lipinski definition) is 0. The van der Waals surface area contributed by atoms with Crippen molar-refractivity contribution in [2.75, 3.05) is 0 Å². The van der Waals surface area contributed by atoms with Crippen LogP contribution in [0.4, 0.5) is 0 Å². The first kappa shape index (κ1) is 16.2. The van der Waals surface area contributed by atoms with Crippen molar-refractivity contribution in [3.05, 3.63) is 68.9 Å². The van der Waals surface area contributed by atoms with E-state index in [4.69, 9.17) is 0 Å². The van der Waals surface area contributed by atoms with Gasteiger partial charge >= 0.3 is 0 Å². The molecular formula is C16H17Hf-3. The second-order valence-corrected chi connectivity index (χ2v) is 3.77. The van der Waals surface area contributed by atoms with E-state index in [1.807, 2.05) is 0 Å². The van der Waals surface area contributed by atoms with Gasteiger partial charge in [0.25, 0.3) is 0 Å². The molecule has 0 atom stereocenters. The SMILES string of the molecule is C[c-]1ccc2ccc3ccccc3c21.[CH3-].[CH3-].[Hf]. The Hall–Kier alpha value is -0.820. The Kier molecular flexibility index (Phi) is 5.91. The summed E-state index contributed by atoms with van der Waals surface area (Å²) in [5.74, 6) is 0. The maximum Gasteiger partial charge on any atom is 0 e. The van der Waals surface area contributed by atoms with E-state index in [0.717, 1.165) is 0 Å². The van der Waals surface area contributed by atoms with Crippen molar-refractivity contribution in [3.8, 4) is 0 Å². The predicted octanol–water partition coefficient (Wildman–Crippen LogP) is 4.92. The molecule has 0 saturated carbocycles. The van der Waals surface area contributed by atoms with Crippen LogP contribution in [0.5, 0.6) is 0 Å². The first-order chi connectivity index (χ1) is 6.86. The molecule has 0 aliphatic heterocycles. The van der Waals surface area contributed by atoms with Crippen molar-refractivity contribution < 1.29 is 25.8 Å². The third kappa shape index (κ3) is 2.55. The number of rotatable bonds is 0. The summed E-state index contributed by atoms with van der Waals surface area (Å²) >= 11 is 0. The summed E-state index contributed by atoms with van der Waals surface area (Å²) in [5.41, 5.74) is 1.37. The molecule has 0 bridgehead atoms. The maximum absolute atomic E-state index is 2.20. The van der Waals surface area contributed by atoms with Crippen LogP contribution in [-0.2, 0) is 25.8 Å². The van der Waals surface area contributed by atoms with Gasteiger partial charge in [-0.1, -0.05) is 48.0 Å². The summed E-state index contributed by atoms with van der Waals surface area (Å²) in [6.45, 7) is 2.18. The molecule has 0 aliphatic rings. The zero-order valence-electron chi connectivity index (χ0n) is 10.6. The van der Waals surface area contributed by atoms with Crippen LogP contribution in [0, 0.1) is 21.8 Å². The molecule has 0 aliphatic carbocycles. The van der Waals surface area contributed by atoms with E-state index in [-0.39, 0.29) is 40.7 Å². The Morgan fingerprint density at radius 2 is 1.47 bits per heavy atom. The van der Waals surface area contributed by atoms with Gasteiger partial charge in [0.1, 0.15) is 0 Å². The minimum absolute atomic E-state index is 0. The van der Waals surface area contributed by atoms with Gasteiger partial charge in [0.05, 0.1) is 0 Å². The number of fused-ring (bicyclic) bond motifs is 3. The van der Waals surface area contributed by atoms with Gasteiger partial charge in [-0.05, 0) is 0 Å². The first-order valence-electron chi connectivity index (χ1n) is 4.90. The normalized spacial score (nSPS) is 9.24. The van der Waals surface area contributed by atoms with Gasteiger partial charge in [0.2, 0.25) is 0 Å². The molecule has 0 saturated heterocycles. The maximum atomic E-state index is 2.20. The van der Waals surface area contributed by atoms with Gasteiger partial charge in [0, 0.05) is 25.8 Å². The Bertz CT molecular complexity index is 605. The van der Waals surface area contributed by atoms with E-state index in [1.54, 1.807) is 0 Å². The summed E-state index contributed by atoms with van der Waals surface area (Å²) in [6, 6.07) is 17.3. The zero-order chi connectivity index (χ0) is 9.54. The summed E-state index contributed by atoms with van der Waals surface area (Å²) in [4.78, 5) is 0. The Balaban J connectivity index is 0.000000853. The minimum atomic E-state index is 0. The predicted molar refractivity (Wildman–Crippen MR) is 74.6 cm³/mol. The van der Waals surface area contributed by atoms with Crippen molar-refractivity contribution in [2.45, 2.75) is 6.92 Å². The first-order valence-corrected chi connectivity index (χ1v) is 4.90. The fourth-order valence-electron chi connectivity index (χ4n) is 2.17. The fraction of sp³-hybridized carbons (Fsp3) is 0.0625. The molecule has 0 fully saturated rings. The standard InChI is InChI=1S/C14H11.2CH3.Hf/c1-10-6-7-12-9-8-11-4-2-3-5-13(11)14(10)12;;;/h2-9H,1H3;2*1H3;/q3*-1;. The van der Waals surface area contributed by atoms with Crippen LogP contribution in [0.3, 0.4) is 0 Å². The molecule has 0 nitrogen and oxygen atoms in total. The van der Waals surface area contributed by atoms with Crippen LogP contribution in [-0.4, -0.2) is 0 Å². The van der Waals surface area contributed by atoms with E-state index < -0.39 is 0 Å². The van der Waals surface area contributed by atoms with Crippen molar-refractivity contribution >= 4 is 21.5 Å². The molecule has 88 valence electrons. The molecule has 0 aromatic heterocycles. The number of hydrogen-bond donors (Lipinski definition) is 0. The van der Waals surface area contributed by atoms with E-state index in [2.05, 4.69) is 55.5 Å². The number of benzene rings is 2. The monoisotopic (exact) mass is 389 g/mol. The molecule has 3 aromatic carbocycles. The van der Waals surface area contributed by atoms with E-state index >= 15 is 0 Å². The van der Waals surface area contributed by atoms with E-state index in [1.165, 1.54) is 27.1 Å². The van der Waals surface area contributed by atoms with E-state index in [0.29, 0.717) is 0 Å². The fourth-order valence-corrected chi connectivity index (χ4v) is 2.17. The van der Waals surface area contributed by atoms with Gasteiger partial charge in [-0.15, -0.1) is 22.4 Å². The van der Waals surface area contributed by atoms with Crippen LogP contribution in [0.2, 0.25) is 0 Å². The van der Waals surface area contributed by atoms with Gasteiger partial charge in [0.15, 0.2) is 0 Å². The van der Waals surface area contributed by atoms with Gasteiger partial charge in [-0.3, -0.25) is 0 Å². The minimum Gasteiger partial charge on any atom is -0.358 e. The van der Waals surface area contributed by atoms with E-state index in [9.17, 15) is 0 Å². The zero-order valence-corrected chi connectivity index (χ0v) is 14.2. The van der Waals surface area contributed by atoms with Crippen molar-refractivity contribution in [1.29, 1.82) is 0 Å². The molecule has 0 amide bonds. The molecule has 1 heteroatoms. The second kappa shape index (κ2) is 6.20. The molecule has 17 heavy (non-hydrogen) atoms. The second-order valence-electron chi connectivity index (χ2n) is 3.77. The average Bonchev–Trinajstić information content (AvgIpc) is 2.61. The summed E-state index contributed by atoms with van der Waals surface area (Å²) in [7, 11) is 0. The molecule has 0 heterocycles. The van der Waals surface area contributed by atoms with Crippen molar-refractivity contribution in [2.24, 2.45) is 0 Å². The van der Waals surface area contributed by atoms with Crippen LogP contribution >= 0.6 is 0 Å². The molecule has 3 aromatic rings. The van der Waals surface area contributed by atoms with Gasteiger partial charge < -0.3 is 14.9 Å². The third-order valence-corrected chi connectivity index (χ3v) is 2.87. The summed E-state index contributed by atoms with van der Waals surface area (Å²) < 4.78 is 0. The van der Waals surface area contributed by atoms with Gasteiger partial charge in [-0.2, -0.15) is 12.1 Å². The Labute approximate surface area is 123 Å². The third-order valence-electron chi connectivity index (χ3n) is 2.87. The summed E-state index contributed by atoms with van der Waals surface area (Å²) in [6.07, 6.45) is 0.